The summed E-state index contributed by atoms with van der Waals surface area (Å²) in [7, 11) is 1.52. The van der Waals surface area contributed by atoms with Gasteiger partial charge in [-0.25, -0.2) is 4.98 Å². The Morgan fingerprint density at radius 2 is 2.00 bits per heavy atom. The molecule has 2 heterocycles. The van der Waals surface area contributed by atoms with Gasteiger partial charge in [0, 0.05) is 22.8 Å². The summed E-state index contributed by atoms with van der Waals surface area (Å²) in [6.07, 6.45) is 3.25. The summed E-state index contributed by atoms with van der Waals surface area (Å²) in [5.41, 5.74) is 2.70. The number of ether oxygens (including phenoxy) is 1. The Balaban J connectivity index is 1.69. The van der Waals surface area contributed by atoms with Crippen LogP contribution in [0.4, 0.5) is 5.69 Å². The lowest BCUT2D eigenvalue weighted by Gasteiger charge is -2.12. The van der Waals surface area contributed by atoms with E-state index in [0.29, 0.717) is 44.6 Å². The zero-order valence-electron chi connectivity index (χ0n) is 14.6. The predicted molar refractivity (Wildman–Crippen MR) is 108 cm³/mol. The third kappa shape index (κ3) is 3.52. The highest BCUT2D eigenvalue weighted by Gasteiger charge is 2.16. The molecule has 0 unspecified atom stereocenters. The zero-order valence-corrected chi connectivity index (χ0v) is 16.1. The number of pyridine rings is 1. The highest BCUT2D eigenvalue weighted by atomic mass is 35.5. The van der Waals surface area contributed by atoms with Gasteiger partial charge >= 0.3 is 0 Å². The van der Waals surface area contributed by atoms with Gasteiger partial charge in [0.05, 0.1) is 29.6 Å². The van der Waals surface area contributed by atoms with Gasteiger partial charge in [-0.1, -0.05) is 23.2 Å². The third-order valence-corrected chi connectivity index (χ3v) is 4.61. The lowest BCUT2D eigenvalue weighted by Crippen LogP contribution is -2.13. The summed E-state index contributed by atoms with van der Waals surface area (Å²) in [6.45, 7) is 0. The number of anilines is 1. The number of nitrogens with one attached hydrogen (secondary N) is 1. The van der Waals surface area contributed by atoms with Crippen LogP contribution in [0.15, 0.2) is 59.3 Å². The average molecular weight is 414 g/mol. The Morgan fingerprint density at radius 1 is 1.14 bits per heavy atom. The van der Waals surface area contributed by atoms with Gasteiger partial charge < -0.3 is 14.5 Å². The first kappa shape index (κ1) is 18.3. The maximum atomic E-state index is 12.7. The van der Waals surface area contributed by atoms with E-state index in [4.69, 9.17) is 32.4 Å². The smallest absolute Gasteiger partial charge is 0.257 e. The van der Waals surface area contributed by atoms with Crippen LogP contribution in [-0.4, -0.2) is 23.0 Å². The molecule has 0 spiro atoms. The second-order valence-electron chi connectivity index (χ2n) is 5.86. The van der Waals surface area contributed by atoms with Crippen LogP contribution in [0.2, 0.25) is 10.0 Å². The van der Waals surface area contributed by atoms with E-state index in [1.165, 1.54) is 13.2 Å². The Bertz CT molecular complexity index is 1160. The van der Waals surface area contributed by atoms with Crippen molar-refractivity contribution in [2.45, 2.75) is 0 Å². The van der Waals surface area contributed by atoms with Crippen molar-refractivity contribution < 1.29 is 13.9 Å². The number of carbonyl (C=O) groups excluding carboxylic acids is 1. The van der Waals surface area contributed by atoms with Gasteiger partial charge in [-0.3, -0.25) is 9.78 Å². The Kier molecular flexibility index (Phi) is 4.90. The van der Waals surface area contributed by atoms with Crippen molar-refractivity contribution in [1.82, 2.24) is 9.97 Å². The normalized spacial score (nSPS) is 10.8. The molecule has 0 aliphatic heterocycles. The first-order chi connectivity index (χ1) is 13.5. The first-order valence-electron chi connectivity index (χ1n) is 8.20. The predicted octanol–water partition coefficient (Wildman–Crippen LogP) is 5.46. The van der Waals surface area contributed by atoms with Crippen molar-refractivity contribution in [3.8, 4) is 17.2 Å². The zero-order chi connectivity index (χ0) is 19.7. The number of carbonyl (C=O) groups is 1. The number of rotatable bonds is 4. The van der Waals surface area contributed by atoms with Crippen molar-refractivity contribution in [1.29, 1.82) is 0 Å². The molecule has 1 amide bonds. The minimum atomic E-state index is -0.390. The van der Waals surface area contributed by atoms with E-state index < -0.39 is 0 Å². The van der Waals surface area contributed by atoms with E-state index in [-0.39, 0.29) is 10.9 Å². The Hall–Kier alpha value is -3.09. The number of nitrogens with zero attached hydrogens (tertiary/aromatic N) is 2. The highest BCUT2D eigenvalue weighted by Crippen LogP contribution is 2.32. The quantitative estimate of drug-likeness (QED) is 0.480. The van der Waals surface area contributed by atoms with Crippen LogP contribution >= 0.6 is 23.2 Å². The third-order valence-electron chi connectivity index (χ3n) is 4.06. The SMILES string of the molecule is COc1ccc(-c2nc3cnccc3o2)cc1NC(=O)c1ccc(Cl)cc1Cl. The molecule has 8 heteroatoms. The molecular weight excluding hydrogens is 401 g/mol. The number of benzene rings is 2. The number of aromatic nitrogens is 2. The van der Waals surface area contributed by atoms with Gasteiger partial charge in [-0.05, 0) is 36.4 Å². The number of hydrogen-bond acceptors (Lipinski definition) is 5. The number of methoxy groups -OCH3 is 1. The molecule has 140 valence electrons. The standard InChI is InChI=1S/C20H13Cl2N3O3/c1-27-17-5-2-11(20-25-16-10-23-7-6-18(16)28-20)8-15(17)24-19(26)13-4-3-12(21)9-14(13)22/h2-10H,1H3,(H,24,26). The molecule has 2 aromatic heterocycles. The highest BCUT2D eigenvalue weighted by molar-refractivity contribution is 6.37. The summed E-state index contributed by atoms with van der Waals surface area (Å²) < 4.78 is 11.1. The van der Waals surface area contributed by atoms with E-state index in [2.05, 4.69) is 15.3 Å². The summed E-state index contributed by atoms with van der Waals surface area (Å²) in [5, 5.41) is 3.52. The molecule has 0 aliphatic carbocycles. The molecule has 0 saturated carbocycles. The molecule has 28 heavy (non-hydrogen) atoms. The van der Waals surface area contributed by atoms with Crippen LogP contribution in [0, 0.1) is 0 Å². The molecular formula is C20H13Cl2N3O3. The Morgan fingerprint density at radius 3 is 2.75 bits per heavy atom. The van der Waals surface area contributed by atoms with Crippen LogP contribution in [0.1, 0.15) is 10.4 Å². The second-order valence-corrected chi connectivity index (χ2v) is 6.70. The fourth-order valence-corrected chi connectivity index (χ4v) is 3.20. The average Bonchev–Trinajstić information content (AvgIpc) is 3.12. The van der Waals surface area contributed by atoms with Crippen LogP contribution in [0.25, 0.3) is 22.6 Å². The molecule has 0 aliphatic rings. The fourth-order valence-electron chi connectivity index (χ4n) is 2.71. The first-order valence-corrected chi connectivity index (χ1v) is 8.96. The topological polar surface area (TPSA) is 77.2 Å². The molecule has 0 fully saturated rings. The molecule has 0 atom stereocenters. The molecule has 0 bridgehead atoms. The van der Waals surface area contributed by atoms with Gasteiger partial charge in [0.25, 0.3) is 5.91 Å². The van der Waals surface area contributed by atoms with Crippen molar-refractivity contribution in [3.05, 3.63) is 70.5 Å². The minimum Gasteiger partial charge on any atom is -0.495 e. The van der Waals surface area contributed by atoms with E-state index in [1.54, 1.807) is 48.8 Å². The lowest BCUT2D eigenvalue weighted by molar-refractivity contribution is 0.102. The lowest BCUT2D eigenvalue weighted by atomic mass is 10.1. The summed E-state index contributed by atoms with van der Waals surface area (Å²) in [6, 6.07) is 11.6. The molecule has 2 aromatic carbocycles. The van der Waals surface area contributed by atoms with E-state index >= 15 is 0 Å². The molecule has 4 aromatic rings. The number of hydrogen-bond donors (Lipinski definition) is 1. The molecule has 6 nitrogen and oxygen atoms in total. The maximum Gasteiger partial charge on any atom is 0.257 e. The van der Waals surface area contributed by atoms with Crippen molar-refractivity contribution in [2.75, 3.05) is 12.4 Å². The number of halogens is 2. The van der Waals surface area contributed by atoms with Gasteiger partial charge in [0.1, 0.15) is 11.3 Å². The largest absolute Gasteiger partial charge is 0.495 e. The minimum absolute atomic E-state index is 0.256. The summed E-state index contributed by atoms with van der Waals surface area (Å²) in [4.78, 5) is 21.1. The number of fused-ring (bicyclic) bond motifs is 1. The molecule has 1 N–H and O–H groups in total. The van der Waals surface area contributed by atoms with Gasteiger partial charge in [0.2, 0.25) is 5.89 Å². The molecule has 0 radical (unpaired) electrons. The summed E-state index contributed by atoms with van der Waals surface area (Å²) >= 11 is 12.0. The monoisotopic (exact) mass is 413 g/mol. The molecule has 0 saturated heterocycles. The van der Waals surface area contributed by atoms with Gasteiger partial charge in [0.15, 0.2) is 5.58 Å². The number of amides is 1. The van der Waals surface area contributed by atoms with Gasteiger partial charge in [-0.2, -0.15) is 0 Å². The number of oxazole rings is 1. The van der Waals surface area contributed by atoms with E-state index in [0.717, 1.165) is 0 Å². The maximum absolute atomic E-state index is 12.7. The van der Waals surface area contributed by atoms with E-state index in [1.807, 2.05) is 0 Å². The van der Waals surface area contributed by atoms with Crippen LogP contribution in [-0.2, 0) is 0 Å². The van der Waals surface area contributed by atoms with Crippen LogP contribution in [0.3, 0.4) is 0 Å². The van der Waals surface area contributed by atoms with Crippen molar-refractivity contribution >= 4 is 45.9 Å². The molecule has 4 rings (SSSR count). The van der Waals surface area contributed by atoms with Crippen LogP contribution < -0.4 is 10.1 Å². The van der Waals surface area contributed by atoms with Gasteiger partial charge in [-0.15, -0.1) is 0 Å². The van der Waals surface area contributed by atoms with E-state index in [9.17, 15) is 4.79 Å². The van der Waals surface area contributed by atoms with Crippen LogP contribution in [0.5, 0.6) is 5.75 Å². The fraction of sp³-hybridized carbons (Fsp3) is 0.0500. The van der Waals surface area contributed by atoms with Crippen molar-refractivity contribution in [2.24, 2.45) is 0 Å². The van der Waals surface area contributed by atoms with Crippen molar-refractivity contribution in [3.63, 3.8) is 0 Å². The summed E-state index contributed by atoms with van der Waals surface area (Å²) in [5.74, 6) is 0.504. The second kappa shape index (κ2) is 7.50. The Labute approximate surface area is 170 Å².